The summed E-state index contributed by atoms with van der Waals surface area (Å²) in [4.78, 5) is 247. The molecule has 3 aliphatic heterocycles. The number of carboxylic acid groups (broad SMARTS) is 5. The van der Waals surface area contributed by atoms with Crippen molar-refractivity contribution in [2.45, 2.75) is 157 Å². The topological polar surface area (TPSA) is 710 Å². The average molecular weight is 1790 g/mol. The number of nitrogens with zero attached hydrogens (tertiary/aromatic N) is 4. The largest absolute Gasteiger partial charge is 3.00 e. The number of guanidine groups is 2. The van der Waals surface area contributed by atoms with Crippen LogP contribution in [-0.4, -0.2) is 321 Å². The number of amides is 13. The van der Waals surface area contributed by atoms with Crippen molar-refractivity contribution in [1.29, 1.82) is 10.8 Å². The number of aliphatic carboxylic acids is 5. The third-order valence-electron chi connectivity index (χ3n) is 19.4. The van der Waals surface area contributed by atoms with Crippen LogP contribution in [-0.2, 0) is 132 Å². The summed E-state index contributed by atoms with van der Waals surface area (Å²) in [5.41, 5.74) is 11.9. The van der Waals surface area contributed by atoms with Gasteiger partial charge in [-0.3, -0.25) is 102 Å². The third kappa shape index (κ3) is 41.6. The van der Waals surface area contributed by atoms with Gasteiger partial charge >= 0.3 is 44.6 Å². The maximum atomic E-state index is 14.5. The molecule has 0 spiro atoms. The molecule has 3 heterocycles. The Hall–Kier alpha value is -11.6. The molecule has 122 heavy (non-hydrogen) atoms. The van der Waals surface area contributed by atoms with Gasteiger partial charge in [-0.2, -0.15) is 0 Å². The van der Waals surface area contributed by atoms with E-state index in [0.29, 0.717) is 11.1 Å². The van der Waals surface area contributed by atoms with Crippen molar-refractivity contribution < 1.29 is 145 Å². The molecule has 9 atom stereocenters. The summed E-state index contributed by atoms with van der Waals surface area (Å²) < 4.78 is 0. The maximum Gasteiger partial charge on any atom is 3.00 e. The summed E-state index contributed by atoms with van der Waals surface area (Å²) in [7, 11) is 0. The number of carbonyl (C=O) groups is 18. The van der Waals surface area contributed by atoms with Gasteiger partial charge in [0.05, 0.1) is 50.4 Å². The first-order valence-electron chi connectivity index (χ1n) is 39.6. The van der Waals surface area contributed by atoms with Crippen LogP contribution in [0.1, 0.15) is 101 Å². The molecule has 3 saturated heterocycles. The fraction of sp³-hybridized carbons (Fsp3) is 0.573. The van der Waals surface area contributed by atoms with Crippen LogP contribution in [0.25, 0.3) is 0 Å². The van der Waals surface area contributed by atoms with E-state index in [1.165, 1.54) is 14.7 Å². The zero-order chi connectivity index (χ0) is 88.9. The number of carboxylic acids is 5. The number of unbranched alkanes of at least 4 members (excludes halogenated alkanes) is 2. The molecule has 47 heteroatoms. The Morgan fingerprint density at radius 3 is 1.07 bits per heavy atom. The minimum absolute atomic E-state index is 0. The molecular weight excluding hydrogens is 1680 g/mol. The molecule has 2 aromatic carbocycles. The second-order valence-corrected chi connectivity index (χ2v) is 29.1. The van der Waals surface area contributed by atoms with E-state index in [-0.39, 0.29) is 194 Å². The molecule has 0 saturated carbocycles. The number of rotatable bonds is 39. The first-order chi connectivity index (χ1) is 57.6. The van der Waals surface area contributed by atoms with Crippen molar-refractivity contribution >= 4 is 119 Å². The van der Waals surface area contributed by atoms with Gasteiger partial charge in [-0.05, 0) is 81.8 Å². The Bertz CT molecular complexity index is 3900. The van der Waals surface area contributed by atoms with Gasteiger partial charge in [-0.15, -0.1) is 0 Å². The second kappa shape index (κ2) is 55.3. The Kier molecular flexibility index (Phi) is 46.6. The monoisotopic (exact) mass is 1790 g/mol. The van der Waals surface area contributed by atoms with E-state index in [4.69, 9.17) is 22.3 Å². The predicted octanol–water partition coefficient (Wildman–Crippen LogP) is -12.6. The van der Waals surface area contributed by atoms with Gasteiger partial charge in [-0.1, -0.05) is 60.7 Å². The van der Waals surface area contributed by atoms with Crippen molar-refractivity contribution in [2.24, 2.45) is 11.5 Å². The smallest absolute Gasteiger partial charge is 0.549 e. The zero-order valence-corrected chi connectivity index (χ0v) is 70.3. The third-order valence-corrected chi connectivity index (χ3v) is 19.4. The molecule has 23 N–H and O–H groups in total. The van der Waals surface area contributed by atoms with Gasteiger partial charge in [0.1, 0.15) is 54.4 Å². The summed E-state index contributed by atoms with van der Waals surface area (Å²) in [6, 6.07) is 2.70. The van der Waals surface area contributed by atoms with E-state index in [0.717, 1.165) is 0 Å². The molecule has 0 aliphatic carbocycles. The van der Waals surface area contributed by atoms with Crippen LogP contribution in [0.2, 0.25) is 0 Å². The van der Waals surface area contributed by atoms with Crippen molar-refractivity contribution in [3.63, 3.8) is 0 Å². The van der Waals surface area contributed by atoms with Crippen molar-refractivity contribution in [3.05, 3.63) is 71.8 Å². The summed E-state index contributed by atoms with van der Waals surface area (Å²) in [6.45, 7) is -4.31. The molecule has 3 fully saturated rings. The van der Waals surface area contributed by atoms with E-state index < -0.39 is 232 Å². The zero-order valence-electron chi connectivity index (χ0n) is 67.5. The first kappa shape index (κ1) is 103. The number of benzene rings is 2. The van der Waals surface area contributed by atoms with Crippen molar-refractivity contribution in [3.8, 4) is 0 Å². The molecule has 0 bridgehead atoms. The van der Waals surface area contributed by atoms with Crippen LogP contribution in [0.4, 0.5) is 0 Å². The number of carbonyl (C=O) groups excluding carboxylic acids is 16. The van der Waals surface area contributed by atoms with Crippen LogP contribution < -0.4 is 107 Å². The molecule has 2 aromatic rings. The van der Waals surface area contributed by atoms with Crippen molar-refractivity contribution in [1.82, 2.24) is 99.4 Å². The Morgan fingerprint density at radius 1 is 0.402 bits per heavy atom. The maximum absolute atomic E-state index is 14.5. The fourth-order valence-corrected chi connectivity index (χ4v) is 13.1. The standard InChI is InChI=1S/C75H113N23O23.Y/c76-74(77)82-25-11-19-47-66(114)84-39-57(100)87-54(37-60(103)104)72(120)93-52(35-45-13-3-1-4-14-45)70(118)91-49(68(116)89-47)17-7-9-23-80-56(99)22-21-51(86-59(102)41-95-27-29-96(42-62(107)108)31-33-98(44-64(111)112)34-32-97(30-28-95)43-63(109)110)65(113)81-24-10-8-18-50-69(117)90-48(20-12-26-83-75(78)79)67(115)85-40-58(101)88-55(38-61(105)106)73(121)94-53(71(119)92-50)36-46-15-5-2-6-16-46;/h1-6,13-16,47-55H,7-12,17-44H2,(H,80,99)(H,81,113)(H,84,114)(H,85,115)(H,86,102)(H,87,100)(H,88,101)(H,89,116)(H,90,117)(H,91,118)(H,92,119)(H,93,120)(H,94,121)(H,103,104)(H,105,106)(H,107,108)(H,109,110)(H,111,112)(H4,76,77,82)(H4,78,79,83);/q;+3/p-3/i;1+1. The van der Waals surface area contributed by atoms with E-state index in [1.54, 1.807) is 65.6 Å². The number of nitrogens with one attached hydrogen (secondary N) is 17. The minimum atomic E-state index is -1.76. The molecule has 3 aliphatic rings. The van der Waals surface area contributed by atoms with Crippen LogP contribution in [0, 0.1) is 10.8 Å². The van der Waals surface area contributed by atoms with E-state index in [9.17, 15) is 112 Å². The molecule has 0 aromatic heterocycles. The summed E-state index contributed by atoms with van der Waals surface area (Å²) >= 11 is 0. The molecule has 666 valence electrons. The van der Waals surface area contributed by atoms with Gasteiger partial charge < -0.3 is 131 Å². The van der Waals surface area contributed by atoms with Gasteiger partial charge in [0.2, 0.25) is 76.8 Å². The quantitative estimate of drug-likeness (QED) is 0.0168. The fourth-order valence-electron chi connectivity index (χ4n) is 13.1. The summed E-state index contributed by atoms with van der Waals surface area (Å²) in [5.74, 6) is -20.2. The minimum Gasteiger partial charge on any atom is -0.549 e. The average Bonchev–Trinajstić information content (AvgIpc) is 1.50. The van der Waals surface area contributed by atoms with Gasteiger partial charge in [0, 0.05) is 117 Å². The Balaban J connectivity index is 0.0000312. The number of hydrogen-bond acceptors (Lipinski definition) is 27. The second-order valence-electron chi connectivity index (χ2n) is 29.1. The summed E-state index contributed by atoms with van der Waals surface area (Å²) in [6.07, 6.45) is -3.38. The van der Waals surface area contributed by atoms with E-state index in [2.05, 4.69) is 79.8 Å². The Morgan fingerprint density at radius 2 is 0.713 bits per heavy atom. The van der Waals surface area contributed by atoms with Gasteiger partial charge in [0.15, 0.2) is 11.9 Å². The van der Waals surface area contributed by atoms with E-state index in [1.807, 2.05) is 0 Å². The molecule has 5 rings (SSSR count). The Labute approximate surface area is 727 Å². The SMILES string of the molecule is N=C(N)NCCCC1NC(=O)C(CCCCNC(=O)CCC(NC(=O)CN2CCN(CC(=O)[O-])CCN(CC(=O)[O-])CCN(CC(=O)[O-])CC2)C(=O)NCCCCC2NC(=O)C(Cc3ccccc3)NC(=O)C(CC(=O)O)NC(=O)CNC(=O)C(CCCNC(=N)N)NC2=O)NC(=O)C(Cc2ccccc2)NC(=O)C(CC(=O)O)NC(=O)CNC1=O.[90Y+3]. The molecule has 46 nitrogen and oxygen atoms in total. The summed E-state index contributed by atoms with van der Waals surface area (Å²) in [5, 5.41) is 108. The molecule has 0 radical (unpaired) electrons. The molecular formula is C75H110N23O23Y. The number of nitrogens with two attached hydrogens (primary N) is 2. The predicted molar refractivity (Wildman–Crippen MR) is 420 cm³/mol. The molecule has 13 amide bonds. The molecule has 9 unspecified atom stereocenters. The van der Waals surface area contributed by atoms with Crippen LogP contribution >= 0.6 is 0 Å². The normalized spacial score (nSPS) is 21.1. The number of hydrogen-bond donors (Lipinski definition) is 21. The van der Waals surface area contributed by atoms with Crippen LogP contribution in [0.5, 0.6) is 0 Å². The van der Waals surface area contributed by atoms with Crippen LogP contribution in [0.15, 0.2) is 60.7 Å². The van der Waals surface area contributed by atoms with Crippen LogP contribution in [0.3, 0.4) is 0 Å². The van der Waals surface area contributed by atoms with E-state index >= 15 is 0 Å². The van der Waals surface area contributed by atoms with Crippen molar-refractivity contribution in [2.75, 3.05) is 118 Å². The first-order valence-corrected chi connectivity index (χ1v) is 39.6. The van der Waals surface area contributed by atoms with Gasteiger partial charge in [-0.25, -0.2) is 0 Å². The van der Waals surface area contributed by atoms with Gasteiger partial charge in [0.25, 0.3) is 0 Å².